The minimum Gasteiger partial charge on any atom is -1.00 e. The van der Waals surface area contributed by atoms with Gasteiger partial charge in [0.25, 0.3) is 0 Å². The van der Waals surface area contributed by atoms with Crippen LogP contribution in [0.5, 0.6) is 0 Å². The SMILES string of the molecule is CCCCCCCCCCCCCCCCC(=O)COC(C)[NH3+].[Cl-]. The summed E-state index contributed by atoms with van der Waals surface area (Å²) in [4.78, 5) is 11.5. The molecule has 0 amide bonds. The van der Waals surface area contributed by atoms with Crippen LogP contribution in [0.1, 0.15) is 110 Å². The molecular formula is C20H42ClNO2. The number of quaternary nitrogens is 1. The van der Waals surface area contributed by atoms with Crippen LogP contribution in [0.3, 0.4) is 0 Å². The minimum absolute atomic E-state index is 0. The zero-order chi connectivity index (χ0) is 17.2. The zero-order valence-electron chi connectivity index (χ0n) is 16.3. The van der Waals surface area contributed by atoms with E-state index in [0.29, 0.717) is 6.42 Å². The average molecular weight is 364 g/mol. The number of hydrogen-bond donors (Lipinski definition) is 1. The van der Waals surface area contributed by atoms with Gasteiger partial charge in [-0.05, 0) is 6.42 Å². The Labute approximate surface area is 156 Å². The maximum absolute atomic E-state index is 11.5. The molecule has 4 heteroatoms. The van der Waals surface area contributed by atoms with E-state index in [9.17, 15) is 4.79 Å². The molecular weight excluding hydrogens is 322 g/mol. The number of halogens is 1. The van der Waals surface area contributed by atoms with E-state index in [1.807, 2.05) is 6.92 Å². The number of rotatable bonds is 18. The normalized spacial score (nSPS) is 12.0. The van der Waals surface area contributed by atoms with Crippen LogP contribution in [-0.4, -0.2) is 18.6 Å². The summed E-state index contributed by atoms with van der Waals surface area (Å²) in [5, 5.41) is 0. The van der Waals surface area contributed by atoms with Crippen LogP contribution in [0.15, 0.2) is 0 Å². The molecule has 0 aromatic rings. The first-order valence-electron chi connectivity index (χ1n) is 10.1. The molecule has 0 aromatic carbocycles. The van der Waals surface area contributed by atoms with Gasteiger partial charge in [0.05, 0.1) is 0 Å². The van der Waals surface area contributed by atoms with Gasteiger partial charge >= 0.3 is 0 Å². The lowest BCUT2D eigenvalue weighted by Gasteiger charge is -2.05. The van der Waals surface area contributed by atoms with E-state index in [0.717, 1.165) is 6.42 Å². The fourth-order valence-corrected chi connectivity index (χ4v) is 2.82. The highest BCUT2D eigenvalue weighted by molar-refractivity contribution is 5.79. The summed E-state index contributed by atoms with van der Waals surface area (Å²) in [5.74, 6) is 0.222. The van der Waals surface area contributed by atoms with Crippen molar-refractivity contribution in [3.63, 3.8) is 0 Å². The van der Waals surface area contributed by atoms with Gasteiger partial charge in [-0.3, -0.25) is 4.79 Å². The maximum Gasteiger partial charge on any atom is 0.186 e. The summed E-state index contributed by atoms with van der Waals surface area (Å²) in [7, 11) is 0. The summed E-state index contributed by atoms with van der Waals surface area (Å²) in [5.41, 5.74) is 3.71. The van der Waals surface area contributed by atoms with Crippen LogP contribution < -0.4 is 18.1 Å². The molecule has 0 saturated carbocycles. The predicted molar refractivity (Wildman–Crippen MR) is 98.2 cm³/mol. The highest BCUT2D eigenvalue weighted by Gasteiger charge is 2.04. The lowest BCUT2D eigenvalue weighted by Crippen LogP contribution is -3.00. The maximum atomic E-state index is 11.5. The van der Waals surface area contributed by atoms with E-state index in [1.165, 1.54) is 83.5 Å². The van der Waals surface area contributed by atoms with Crippen LogP contribution in [0.4, 0.5) is 0 Å². The molecule has 0 spiro atoms. The van der Waals surface area contributed by atoms with Gasteiger partial charge in [-0.1, -0.05) is 90.4 Å². The summed E-state index contributed by atoms with van der Waals surface area (Å²) >= 11 is 0. The summed E-state index contributed by atoms with van der Waals surface area (Å²) in [6, 6.07) is 0. The van der Waals surface area contributed by atoms with Gasteiger partial charge in [-0.2, -0.15) is 0 Å². The molecule has 1 unspecified atom stereocenters. The first-order valence-corrected chi connectivity index (χ1v) is 10.1. The van der Waals surface area contributed by atoms with Crippen LogP contribution in [0.25, 0.3) is 0 Å². The third kappa shape index (κ3) is 21.9. The highest BCUT2D eigenvalue weighted by atomic mass is 35.5. The first-order chi connectivity index (χ1) is 11.2. The second kappa shape index (κ2) is 20.9. The number of ketones is 1. The Morgan fingerprint density at radius 1 is 0.792 bits per heavy atom. The molecule has 0 aliphatic carbocycles. The summed E-state index contributed by atoms with van der Waals surface area (Å²) in [6.45, 7) is 4.37. The van der Waals surface area contributed by atoms with Crippen molar-refractivity contribution < 1.29 is 27.7 Å². The topological polar surface area (TPSA) is 53.9 Å². The molecule has 0 aromatic heterocycles. The Kier molecular flexibility index (Phi) is 22.8. The third-order valence-corrected chi connectivity index (χ3v) is 4.34. The number of carbonyl (C=O) groups excluding carboxylic acids is 1. The van der Waals surface area contributed by atoms with Gasteiger partial charge in [0.1, 0.15) is 6.61 Å². The van der Waals surface area contributed by atoms with Gasteiger partial charge < -0.3 is 22.9 Å². The largest absolute Gasteiger partial charge is 1.00 e. The zero-order valence-corrected chi connectivity index (χ0v) is 17.0. The fraction of sp³-hybridized carbons (Fsp3) is 0.950. The molecule has 0 radical (unpaired) electrons. The van der Waals surface area contributed by atoms with Crippen molar-refractivity contribution >= 4 is 5.78 Å². The van der Waals surface area contributed by atoms with Crippen LogP contribution >= 0.6 is 0 Å². The minimum atomic E-state index is -0.0877. The third-order valence-electron chi connectivity index (χ3n) is 4.34. The van der Waals surface area contributed by atoms with Gasteiger partial charge in [-0.25, -0.2) is 0 Å². The van der Waals surface area contributed by atoms with Crippen LogP contribution in [0.2, 0.25) is 0 Å². The lowest BCUT2D eigenvalue weighted by molar-refractivity contribution is -0.483. The van der Waals surface area contributed by atoms with Crippen molar-refractivity contribution in [1.29, 1.82) is 0 Å². The first kappa shape index (κ1) is 26.1. The number of ether oxygens (including phenoxy) is 1. The molecule has 3 nitrogen and oxygen atoms in total. The Morgan fingerprint density at radius 2 is 1.17 bits per heavy atom. The quantitative estimate of drug-likeness (QED) is 0.299. The molecule has 0 aliphatic rings. The summed E-state index contributed by atoms with van der Waals surface area (Å²) < 4.78 is 5.21. The predicted octanol–water partition coefficient (Wildman–Crippen LogP) is 2.04. The van der Waals surface area contributed by atoms with Crippen molar-refractivity contribution in [2.45, 2.75) is 116 Å². The Hall–Kier alpha value is -0.120. The number of carbonyl (C=O) groups is 1. The fourth-order valence-electron chi connectivity index (χ4n) is 2.82. The molecule has 1 atom stereocenters. The van der Waals surface area contributed by atoms with E-state index < -0.39 is 0 Å². The van der Waals surface area contributed by atoms with Crippen molar-refractivity contribution in [3.8, 4) is 0 Å². The van der Waals surface area contributed by atoms with Crippen LogP contribution in [0, 0.1) is 0 Å². The second-order valence-corrected chi connectivity index (χ2v) is 7.01. The monoisotopic (exact) mass is 363 g/mol. The van der Waals surface area contributed by atoms with Gasteiger partial charge in [-0.15, -0.1) is 0 Å². The smallest absolute Gasteiger partial charge is 0.186 e. The number of unbranched alkanes of at least 4 members (excludes halogenated alkanes) is 13. The summed E-state index contributed by atoms with van der Waals surface area (Å²) in [6.07, 6.45) is 19.5. The number of hydrogen-bond acceptors (Lipinski definition) is 2. The Bertz CT molecular complexity index is 260. The molecule has 0 aliphatic heterocycles. The van der Waals surface area contributed by atoms with Crippen molar-refractivity contribution in [1.82, 2.24) is 0 Å². The molecule has 146 valence electrons. The van der Waals surface area contributed by atoms with Crippen LogP contribution in [-0.2, 0) is 9.53 Å². The van der Waals surface area contributed by atoms with Crippen molar-refractivity contribution in [2.24, 2.45) is 0 Å². The molecule has 0 saturated heterocycles. The van der Waals surface area contributed by atoms with E-state index in [-0.39, 0.29) is 31.0 Å². The Morgan fingerprint density at radius 3 is 1.54 bits per heavy atom. The van der Waals surface area contributed by atoms with Crippen molar-refractivity contribution in [2.75, 3.05) is 6.61 Å². The number of Topliss-reactive ketones (excluding diaryl/α,β-unsaturated/α-hetero) is 1. The van der Waals surface area contributed by atoms with Gasteiger partial charge in [0, 0.05) is 13.3 Å². The lowest BCUT2D eigenvalue weighted by atomic mass is 10.0. The molecule has 0 rings (SSSR count). The molecule has 24 heavy (non-hydrogen) atoms. The van der Waals surface area contributed by atoms with E-state index in [1.54, 1.807) is 0 Å². The van der Waals surface area contributed by atoms with E-state index >= 15 is 0 Å². The second-order valence-electron chi connectivity index (χ2n) is 7.01. The Balaban J connectivity index is 0. The van der Waals surface area contributed by atoms with Gasteiger partial charge in [0.2, 0.25) is 0 Å². The standard InChI is InChI=1S/C20H41NO2.ClH/c1-3-4-5-6-7-8-9-10-11-12-13-14-15-16-17-20(22)18-23-19(2)21;/h19H,3-18,21H2,1-2H3;1H. The van der Waals surface area contributed by atoms with E-state index in [2.05, 4.69) is 12.7 Å². The van der Waals surface area contributed by atoms with Gasteiger partial charge in [0.15, 0.2) is 12.0 Å². The molecule has 0 fully saturated rings. The highest BCUT2D eigenvalue weighted by Crippen LogP contribution is 2.13. The average Bonchev–Trinajstić information content (AvgIpc) is 2.53. The molecule has 3 N–H and O–H groups in total. The molecule has 0 heterocycles. The van der Waals surface area contributed by atoms with E-state index in [4.69, 9.17) is 4.74 Å². The molecule has 0 bridgehead atoms. The van der Waals surface area contributed by atoms with Crippen molar-refractivity contribution in [3.05, 3.63) is 0 Å².